The Bertz CT molecular complexity index is 885. The first-order valence-electron chi connectivity index (χ1n) is 6.69. The van der Waals surface area contributed by atoms with Crippen LogP contribution in [0.4, 0.5) is 10.2 Å². The molecule has 1 saturated heterocycles. The third kappa shape index (κ3) is 3.20. The third-order valence-electron chi connectivity index (χ3n) is 3.49. The van der Waals surface area contributed by atoms with Crippen LogP contribution < -0.4 is 5.73 Å². The lowest BCUT2D eigenvalue weighted by atomic mass is 10.1. The number of hydrogen-bond acceptors (Lipinski definition) is 9. The van der Waals surface area contributed by atoms with Gasteiger partial charge in [-0.05, 0) is 0 Å². The van der Waals surface area contributed by atoms with Crippen LogP contribution in [0.5, 0.6) is 0 Å². The summed E-state index contributed by atoms with van der Waals surface area (Å²) in [5, 5.41) is 20.2. The summed E-state index contributed by atoms with van der Waals surface area (Å²) < 4.78 is 35.0. The Morgan fingerprint density at radius 3 is 2.72 bits per heavy atom. The third-order valence-corrected chi connectivity index (χ3v) is 3.96. The molecule has 0 unspecified atom stereocenters. The fourth-order valence-electron chi connectivity index (χ4n) is 2.46. The van der Waals surface area contributed by atoms with Crippen molar-refractivity contribution in [3.63, 3.8) is 0 Å². The van der Waals surface area contributed by atoms with E-state index in [0.29, 0.717) is 0 Å². The van der Waals surface area contributed by atoms with E-state index in [0.717, 1.165) is 10.9 Å². The van der Waals surface area contributed by atoms with Crippen LogP contribution in [-0.2, 0) is 13.8 Å². The smallest absolute Gasteiger partial charge is 0.406 e. The van der Waals surface area contributed by atoms with Crippen molar-refractivity contribution in [2.45, 2.75) is 24.5 Å². The number of aliphatic hydroxyl groups is 2. The molecule has 2 aromatic rings. The molecule has 136 valence electrons. The molecule has 25 heavy (non-hydrogen) atoms. The second-order valence-electron chi connectivity index (χ2n) is 5.18. The number of rotatable bonds is 4. The van der Waals surface area contributed by atoms with Crippen molar-refractivity contribution in [2.24, 2.45) is 0 Å². The molecule has 0 aromatic carbocycles. The second kappa shape index (κ2) is 5.98. The quantitative estimate of drug-likeness (QED) is 0.244. The van der Waals surface area contributed by atoms with E-state index in [2.05, 4.69) is 26.1 Å². The molecular formula is C11H13FN5O7P. The van der Waals surface area contributed by atoms with Crippen LogP contribution in [0.2, 0.25) is 0 Å². The summed E-state index contributed by atoms with van der Waals surface area (Å²) in [5.74, 6) is -0.827. The zero-order valence-corrected chi connectivity index (χ0v) is 13.2. The molecule has 0 saturated carbocycles. The van der Waals surface area contributed by atoms with Crippen LogP contribution in [0.3, 0.4) is 0 Å². The van der Waals surface area contributed by atoms with Crippen LogP contribution >= 0.6 is 7.82 Å². The average molecular weight is 377 g/mol. The van der Waals surface area contributed by atoms with Gasteiger partial charge in [-0.15, -0.1) is 0 Å². The highest BCUT2D eigenvalue weighted by Crippen LogP contribution is 2.43. The summed E-state index contributed by atoms with van der Waals surface area (Å²) in [7, 11) is -4.93. The van der Waals surface area contributed by atoms with Crippen molar-refractivity contribution in [2.75, 3.05) is 5.73 Å². The van der Waals surface area contributed by atoms with Gasteiger partial charge in [0.2, 0.25) is 0 Å². The molecule has 12 nitrogen and oxygen atoms in total. The lowest BCUT2D eigenvalue weighted by Gasteiger charge is -2.18. The van der Waals surface area contributed by atoms with Crippen LogP contribution in [0, 0.1) is 6.08 Å². The molecule has 14 heteroatoms. The molecule has 0 bridgehead atoms. The lowest BCUT2D eigenvalue weighted by molar-refractivity contribution is -0.0337. The number of nitrogens with zero attached hydrogens (tertiary/aromatic N) is 4. The number of fused-ring (bicyclic) bond motifs is 1. The average Bonchev–Trinajstić information content (AvgIpc) is 3.00. The fourth-order valence-corrected chi connectivity index (χ4v) is 2.87. The molecule has 2 aromatic heterocycles. The second-order valence-corrected chi connectivity index (χ2v) is 6.34. The van der Waals surface area contributed by atoms with Gasteiger partial charge in [0.25, 0.3) is 0 Å². The minimum Gasteiger partial charge on any atom is -0.406 e. The van der Waals surface area contributed by atoms with Gasteiger partial charge in [0.05, 0.1) is 6.33 Å². The highest BCUT2D eigenvalue weighted by Gasteiger charge is 2.47. The molecule has 1 aliphatic heterocycles. The van der Waals surface area contributed by atoms with Crippen LogP contribution in [0.25, 0.3) is 11.2 Å². The molecule has 3 heterocycles. The number of nitrogens with two attached hydrogens (primary N) is 1. The predicted octanol–water partition coefficient (Wildman–Crippen LogP) is -1.21. The van der Waals surface area contributed by atoms with Gasteiger partial charge in [0.1, 0.15) is 24.1 Å². The standard InChI is InChI=1S/C11H13FN5O7P/c1-3(24-25(20,21)22)7-5(18)6(19)10(23-7)17-2-14-4-8(13)15-11(12)16-9(4)17/h2,5-7,10,18-19H,1H2,(H2,13,15,16)(H2,20,21,22)/t5-,6-,7+,10-/m1/s1. The number of aliphatic hydroxyl groups excluding tert-OH is 2. The van der Waals surface area contributed by atoms with E-state index in [9.17, 15) is 19.2 Å². The Hall–Kier alpha value is -2.15. The van der Waals surface area contributed by atoms with E-state index in [4.69, 9.17) is 20.3 Å². The summed E-state index contributed by atoms with van der Waals surface area (Å²) in [6, 6.07) is 0. The summed E-state index contributed by atoms with van der Waals surface area (Å²) >= 11 is 0. The van der Waals surface area contributed by atoms with Crippen LogP contribution in [0.15, 0.2) is 18.7 Å². The van der Waals surface area contributed by atoms with E-state index < -0.39 is 44.2 Å². The number of hydrogen-bond donors (Lipinski definition) is 5. The van der Waals surface area contributed by atoms with Crippen molar-refractivity contribution in [1.29, 1.82) is 0 Å². The minimum absolute atomic E-state index is 0.0421. The molecular weight excluding hydrogens is 364 g/mol. The van der Waals surface area contributed by atoms with Crippen molar-refractivity contribution in [3.8, 4) is 0 Å². The summed E-state index contributed by atoms with van der Waals surface area (Å²) in [6.45, 7) is 3.27. The van der Waals surface area contributed by atoms with Crippen molar-refractivity contribution >= 4 is 24.8 Å². The number of halogens is 1. The Labute approximate surface area is 138 Å². The number of ether oxygens (including phenoxy) is 1. The monoisotopic (exact) mass is 377 g/mol. The Kier molecular flexibility index (Phi) is 4.23. The lowest BCUT2D eigenvalue weighted by Crippen LogP contribution is -2.32. The predicted molar refractivity (Wildman–Crippen MR) is 77.9 cm³/mol. The van der Waals surface area contributed by atoms with Gasteiger partial charge in [-0.1, -0.05) is 6.58 Å². The van der Waals surface area contributed by atoms with Gasteiger partial charge in [-0.25, -0.2) is 9.55 Å². The minimum atomic E-state index is -4.93. The van der Waals surface area contributed by atoms with Gasteiger partial charge in [0, 0.05) is 0 Å². The molecule has 4 atom stereocenters. The van der Waals surface area contributed by atoms with Crippen molar-refractivity contribution in [1.82, 2.24) is 19.5 Å². The van der Waals surface area contributed by atoms with Crippen molar-refractivity contribution in [3.05, 3.63) is 24.7 Å². The number of imidazole rings is 1. The van der Waals surface area contributed by atoms with Crippen molar-refractivity contribution < 1.29 is 38.2 Å². The number of phosphoric ester groups is 1. The highest BCUT2D eigenvalue weighted by molar-refractivity contribution is 7.46. The zero-order valence-electron chi connectivity index (χ0n) is 12.3. The Morgan fingerprint density at radius 1 is 1.40 bits per heavy atom. The molecule has 6 N–H and O–H groups in total. The van der Waals surface area contributed by atoms with E-state index in [1.165, 1.54) is 0 Å². The Morgan fingerprint density at radius 2 is 2.08 bits per heavy atom. The van der Waals surface area contributed by atoms with Gasteiger partial charge in [0.15, 0.2) is 23.2 Å². The first-order valence-corrected chi connectivity index (χ1v) is 8.22. The maximum Gasteiger partial charge on any atom is 0.524 e. The fraction of sp³-hybridized carbons (Fsp3) is 0.364. The molecule has 0 amide bonds. The topological polar surface area (TPSA) is 186 Å². The Balaban J connectivity index is 1.94. The summed E-state index contributed by atoms with van der Waals surface area (Å²) in [5.41, 5.74) is 5.47. The van der Waals surface area contributed by atoms with E-state index >= 15 is 0 Å². The van der Waals surface area contributed by atoms with E-state index in [1.807, 2.05) is 0 Å². The van der Waals surface area contributed by atoms with E-state index in [-0.39, 0.29) is 17.0 Å². The largest absolute Gasteiger partial charge is 0.524 e. The van der Waals surface area contributed by atoms with Crippen LogP contribution in [0.1, 0.15) is 6.23 Å². The van der Waals surface area contributed by atoms with Crippen LogP contribution in [-0.4, -0.2) is 57.8 Å². The molecule has 1 aliphatic rings. The molecule has 1 fully saturated rings. The van der Waals surface area contributed by atoms with Gasteiger partial charge >= 0.3 is 13.9 Å². The molecule has 3 rings (SSSR count). The van der Waals surface area contributed by atoms with Gasteiger partial charge in [-0.2, -0.15) is 14.4 Å². The molecule has 0 aliphatic carbocycles. The SMILES string of the molecule is C=C(OP(=O)(O)O)[C@@H]1O[C@@H](n2cnc3c(N)nc(F)nc32)[C@H](O)[C@H]1O. The molecule has 0 radical (unpaired) electrons. The maximum absolute atomic E-state index is 13.4. The molecule has 0 spiro atoms. The zero-order chi connectivity index (χ0) is 18.5. The number of aromatic nitrogens is 4. The summed E-state index contributed by atoms with van der Waals surface area (Å²) in [6.07, 6.45) is -6.01. The highest BCUT2D eigenvalue weighted by atomic mass is 31.2. The first kappa shape index (κ1) is 17.7. The number of anilines is 1. The maximum atomic E-state index is 13.4. The van der Waals surface area contributed by atoms with Gasteiger partial charge < -0.3 is 25.2 Å². The van der Waals surface area contributed by atoms with E-state index in [1.54, 1.807) is 0 Å². The van der Waals surface area contributed by atoms with Gasteiger partial charge in [-0.3, -0.25) is 14.4 Å². The number of phosphoric acid groups is 1. The normalized spacial score (nSPS) is 26.9. The summed E-state index contributed by atoms with van der Waals surface area (Å²) in [4.78, 5) is 28.3. The first-order chi connectivity index (χ1) is 11.6. The number of nitrogen functional groups attached to an aromatic ring is 1.